The highest BCUT2D eigenvalue weighted by Crippen LogP contribution is 2.26. The molecular formula is C22H17ClN2O4S. The zero-order valence-electron chi connectivity index (χ0n) is 15.8. The van der Waals surface area contributed by atoms with Crippen molar-refractivity contribution in [2.75, 3.05) is 10.0 Å². The van der Waals surface area contributed by atoms with Gasteiger partial charge in [0.05, 0.1) is 10.6 Å². The van der Waals surface area contributed by atoms with Gasteiger partial charge in [0.2, 0.25) is 0 Å². The number of fused-ring (bicyclic) bond motifs is 1. The molecule has 4 rings (SSSR count). The molecule has 0 fully saturated rings. The number of carbonyl (C=O) groups is 1. The van der Waals surface area contributed by atoms with Gasteiger partial charge < -0.3 is 9.73 Å². The largest absolute Gasteiger partial charge is 0.451 e. The van der Waals surface area contributed by atoms with E-state index in [2.05, 4.69) is 10.0 Å². The maximum Gasteiger partial charge on any atom is 0.291 e. The zero-order chi connectivity index (χ0) is 21.3. The van der Waals surface area contributed by atoms with Gasteiger partial charge in [-0.15, -0.1) is 0 Å². The molecule has 0 aliphatic rings. The number of hydrogen-bond acceptors (Lipinski definition) is 4. The standard InChI is InChI=1S/C22H17ClN2O4S/c1-14-18(23)6-4-7-19(14)25-30(27,28)17-11-9-16(10-12-17)24-22(26)21-13-15-5-2-3-8-20(15)29-21/h2-13,25H,1H3,(H,24,26). The fourth-order valence-electron chi connectivity index (χ4n) is 2.93. The Balaban J connectivity index is 1.50. The highest BCUT2D eigenvalue weighted by molar-refractivity contribution is 7.92. The third-order valence-electron chi connectivity index (χ3n) is 4.58. The summed E-state index contributed by atoms with van der Waals surface area (Å²) < 4.78 is 33.4. The number of anilines is 2. The number of halogens is 1. The lowest BCUT2D eigenvalue weighted by atomic mass is 10.2. The molecule has 0 atom stereocenters. The van der Waals surface area contributed by atoms with Crippen LogP contribution in [0.4, 0.5) is 11.4 Å². The number of carbonyl (C=O) groups excluding carboxylic acids is 1. The maximum absolute atomic E-state index is 12.7. The molecule has 30 heavy (non-hydrogen) atoms. The molecule has 0 aliphatic heterocycles. The highest BCUT2D eigenvalue weighted by atomic mass is 35.5. The molecule has 152 valence electrons. The van der Waals surface area contributed by atoms with E-state index in [0.29, 0.717) is 27.5 Å². The second-order valence-electron chi connectivity index (χ2n) is 6.64. The van der Waals surface area contributed by atoms with Crippen LogP contribution in [0.25, 0.3) is 11.0 Å². The van der Waals surface area contributed by atoms with E-state index < -0.39 is 15.9 Å². The van der Waals surface area contributed by atoms with E-state index in [4.69, 9.17) is 16.0 Å². The van der Waals surface area contributed by atoms with E-state index in [-0.39, 0.29) is 10.7 Å². The normalized spacial score (nSPS) is 11.4. The van der Waals surface area contributed by atoms with E-state index in [1.165, 1.54) is 24.3 Å². The zero-order valence-corrected chi connectivity index (χ0v) is 17.4. The maximum atomic E-state index is 12.7. The van der Waals surface area contributed by atoms with Crippen molar-refractivity contribution in [2.24, 2.45) is 0 Å². The predicted molar refractivity (Wildman–Crippen MR) is 118 cm³/mol. The van der Waals surface area contributed by atoms with Crippen LogP contribution in [0.3, 0.4) is 0 Å². The first-order valence-corrected chi connectivity index (χ1v) is 10.9. The van der Waals surface area contributed by atoms with Crippen molar-refractivity contribution in [2.45, 2.75) is 11.8 Å². The number of benzene rings is 3. The molecule has 6 nitrogen and oxygen atoms in total. The molecule has 4 aromatic rings. The lowest BCUT2D eigenvalue weighted by Crippen LogP contribution is -2.14. The van der Waals surface area contributed by atoms with Gasteiger partial charge in [-0.2, -0.15) is 0 Å². The lowest BCUT2D eigenvalue weighted by molar-refractivity contribution is 0.0998. The Kier molecular flexibility index (Phi) is 5.24. The first-order chi connectivity index (χ1) is 14.3. The topological polar surface area (TPSA) is 88.4 Å². The number of amides is 1. The predicted octanol–water partition coefficient (Wildman–Crippen LogP) is 5.45. The van der Waals surface area contributed by atoms with Gasteiger partial charge in [-0.3, -0.25) is 9.52 Å². The summed E-state index contributed by atoms with van der Waals surface area (Å²) in [6.07, 6.45) is 0. The smallest absolute Gasteiger partial charge is 0.291 e. The van der Waals surface area contributed by atoms with Crippen LogP contribution in [0, 0.1) is 6.92 Å². The summed E-state index contributed by atoms with van der Waals surface area (Å²) in [5.41, 5.74) is 2.10. The Bertz CT molecular complexity index is 1310. The highest BCUT2D eigenvalue weighted by Gasteiger charge is 2.17. The summed E-state index contributed by atoms with van der Waals surface area (Å²) in [7, 11) is -3.81. The van der Waals surface area contributed by atoms with Crippen LogP contribution in [0.1, 0.15) is 16.1 Å². The van der Waals surface area contributed by atoms with Crippen molar-refractivity contribution in [3.05, 3.63) is 89.1 Å². The van der Waals surface area contributed by atoms with Gasteiger partial charge in [-0.25, -0.2) is 8.42 Å². The summed E-state index contributed by atoms with van der Waals surface area (Å²) in [5, 5.41) is 4.00. The van der Waals surface area contributed by atoms with E-state index in [9.17, 15) is 13.2 Å². The van der Waals surface area contributed by atoms with Gasteiger partial charge in [-0.05, 0) is 61.0 Å². The minimum atomic E-state index is -3.81. The molecule has 0 unspecified atom stereocenters. The Labute approximate surface area is 178 Å². The monoisotopic (exact) mass is 440 g/mol. The van der Waals surface area contributed by atoms with Crippen LogP contribution in [0.2, 0.25) is 5.02 Å². The van der Waals surface area contributed by atoms with Crippen molar-refractivity contribution in [3.8, 4) is 0 Å². The van der Waals surface area contributed by atoms with E-state index in [1.807, 2.05) is 18.2 Å². The van der Waals surface area contributed by atoms with Crippen LogP contribution < -0.4 is 10.0 Å². The van der Waals surface area contributed by atoms with Gasteiger partial charge in [0.25, 0.3) is 15.9 Å². The SMILES string of the molecule is Cc1c(Cl)cccc1NS(=O)(=O)c1ccc(NC(=O)c2cc3ccccc3o2)cc1. The van der Waals surface area contributed by atoms with Gasteiger partial charge in [-0.1, -0.05) is 35.9 Å². The molecule has 0 aliphatic carbocycles. The molecule has 1 aromatic heterocycles. The van der Waals surface area contributed by atoms with Crippen molar-refractivity contribution in [3.63, 3.8) is 0 Å². The molecular weight excluding hydrogens is 424 g/mol. The van der Waals surface area contributed by atoms with E-state index >= 15 is 0 Å². The van der Waals surface area contributed by atoms with Gasteiger partial charge in [0, 0.05) is 16.1 Å². The quantitative estimate of drug-likeness (QED) is 0.432. The molecule has 1 heterocycles. The number of furan rings is 1. The first kappa shape index (κ1) is 20.0. The van der Waals surface area contributed by atoms with Crippen LogP contribution in [-0.4, -0.2) is 14.3 Å². The Morgan fingerprint density at radius 3 is 2.43 bits per heavy atom. The minimum Gasteiger partial charge on any atom is -0.451 e. The summed E-state index contributed by atoms with van der Waals surface area (Å²) in [5.74, 6) is -0.250. The van der Waals surface area contributed by atoms with Crippen molar-refractivity contribution in [1.82, 2.24) is 0 Å². The summed E-state index contributed by atoms with van der Waals surface area (Å²) in [6, 6.07) is 19.8. The Morgan fingerprint density at radius 2 is 1.70 bits per heavy atom. The van der Waals surface area contributed by atoms with E-state index in [0.717, 1.165) is 5.39 Å². The van der Waals surface area contributed by atoms with Crippen LogP contribution in [-0.2, 0) is 10.0 Å². The molecule has 8 heteroatoms. The third-order valence-corrected chi connectivity index (χ3v) is 6.37. The second-order valence-corrected chi connectivity index (χ2v) is 8.73. The van der Waals surface area contributed by atoms with Crippen molar-refractivity contribution < 1.29 is 17.6 Å². The number of hydrogen-bond donors (Lipinski definition) is 2. The molecule has 0 radical (unpaired) electrons. The first-order valence-electron chi connectivity index (χ1n) is 9.01. The molecule has 0 spiro atoms. The number of para-hydroxylation sites is 1. The fraction of sp³-hybridized carbons (Fsp3) is 0.0455. The summed E-state index contributed by atoms with van der Waals surface area (Å²) in [4.78, 5) is 12.5. The van der Waals surface area contributed by atoms with Gasteiger partial charge >= 0.3 is 0 Å². The van der Waals surface area contributed by atoms with Gasteiger partial charge in [0.15, 0.2) is 5.76 Å². The molecule has 2 N–H and O–H groups in total. The number of rotatable bonds is 5. The average Bonchev–Trinajstić information content (AvgIpc) is 3.16. The van der Waals surface area contributed by atoms with Gasteiger partial charge in [0.1, 0.15) is 5.58 Å². The Morgan fingerprint density at radius 1 is 0.967 bits per heavy atom. The minimum absolute atomic E-state index is 0.0589. The van der Waals surface area contributed by atoms with E-state index in [1.54, 1.807) is 37.3 Å². The van der Waals surface area contributed by atoms with Crippen LogP contribution in [0.15, 0.2) is 82.1 Å². The molecule has 3 aromatic carbocycles. The van der Waals surface area contributed by atoms with Crippen LogP contribution >= 0.6 is 11.6 Å². The molecule has 0 saturated heterocycles. The van der Waals surface area contributed by atoms with Crippen LogP contribution in [0.5, 0.6) is 0 Å². The molecule has 0 bridgehead atoms. The summed E-state index contributed by atoms with van der Waals surface area (Å²) in [6.45, 7) is 1.73. The second kappa shape index (κ2) is 7.85. The number of sulfonamides is 1. The average molecular weight is 441 g/mol. The molecule has 0 saturated carbocycles. The number of nitrogens with one attached hydrogen (secondary N) is 2. The fourth-order valence-corrected chi connectivity index (χ4v) is 4.22. The van der Waals surface area contributed by atoms with Crippen molar-refractivity contribution in [1.29, 1.82) is 0 Å². The Hall–Kier alpha value is -3.29. The van der Waals surface area contributed by atoms with Crippen molar-refractivity contribution >= 4 is 49.9 Å². The lowest BCUT2D eigenvalue weighted by Gasteiger charge is -2.12. The molecule has 1 amide bonds. The summed E-state index contributed by atoms with van der Waals surface area (Å²) >= 11 is 6.05. The third kappa shape index (κ3) is 4.03.